The van der Waals surface area contributed by atoms with Crippen molar-refractivity contribution in [3.05, 3.63) is 51.0 Å². The van der Waals surface area contributed by atoms with Gasteiger partial charge < -0.3 is 20.3 Å². The highest BCUT2D eigenvalue weighted by Gasteiger charge is 2.39. The second-order valence-electron chi connectivity index (χ2n) is 8.30. The lowest BCUT2D eigenvalue weighted by Crippen LogP contribution is -2.35. The molecule has 6 nitrogen and oxygen atoms in total. The van der Waals surface area contributed by atoms with Gasteiger partial charge in [0, 0.05) is 31.4 Å². The highest BCUT2D eigenvalue weighted by atomic mass is 35.5. The largest absolute Gasteiger partial charge is 0.477 e. The van der Waals surface area contributed by atoms with Gasteiger partial charge in [0.2, 0.25) is 5.43 Å². The molecule has 0 bridgehead atoms. The van der Waals surface area contributed by atoms with Crippen LogP contribution in [0.15, 0.2) is 29.2 Å². The molecule has 1 aromatic carbocycles. The monoisotopic (exact) mass is 417 g/mol. The number of carbonyl (C=O) groups is 1. The fourth-order valence-corrected chi connectivity index (χ4v) is 5.24. The Hall–Kier alpha value is -2.38. The van der Waals surface area contributed by atoms with Crippen LogP contribution in [0.5, 0.6) is 0 Å². The van der Waals surface area contributed by atoms with Gasteiger partial charge in [0.25, 0.3) is 0 Å². The Kier molecular flexibility index (Phi) is 4.22. The van der Waals surface area contributed by atoms with Crippen LogP contribution in [0.1, 0.15) is 35.7 Å². The number of rotatable bonds is 3. The maximum atomic E-state index is 15.2. The molecular weight excluding hydrogens is 397 g/mol. The van der Waals surface area contributed by atoms with Crippen LogP contribution < -0.4 is 16.1 Å². The molecule has 3 N–H and O–H groups in total. The maximum absolute atomic E-state index is 15.2. The molecule has 0 unspecified atom stereocenters. The van der Waals surface area contributed by atoms with Gasteiger partial charge in [-0.1, -0.05) is 23.8 Å². The molecule has 3 atom stereocenters. The molecule has 1 saturated carbocycles. The number of pyridine rings is 1. The van der Waals surface area contributed by atoms with Crippen LogP contribution in [0.3, 0.4) is 0 Å². The lowest BCUT2D eigenvalue weighted by molar-refractivity contribution is 0.0695. The van der Waals surface area contributed by atoms with Gasteiger partial charge in [0.1, 0.15) is 11.4 Å². The Morgan fingerprint density at radius 3 is 2.72 bits per heavy atom. The number of carboxylic acid groups (broad SMARTS) is 1. The fraction of sp³-hybridized carbons (Fsp3) is 0.429. The third kappa shape index (κ3) is 2.87. The number of hydrogen-bond acceptors (Lipinski definition) is 4. The molecule has 0 amide bonds. The number of allylic oxidation sites excluding steroid dienone is 1. The minimum Gasteiger partial charge on any atom is -0.477 e. The van der Waals surface area contributed by atoms with E-state index in [2.05, 4.69) is 6.08 Å². The van der Waals surface area contributed by atoms with Crippen molar-refractivity contribution in [1.29, 1.82) is 0 Å². The summed E-state index contributed by atoms with van der Waals surface area (Å²) in [5.74, 6) is -1.37. The minimum absolute atomic E-state index is 0.0121. The van der Waals surface area contributed by atoms with E-state index in [0.29, 0.717) is 24.5 Å². The minimum atomic E-state index is -1.32. The van der Waals surface area contributed by atoms with Crippen molar-refractivity contribution in [2.75, 3.05) is 18.0 Å². The van der Waals surface area contributed by atoms with E-state index in [0.717, 1.165) is 25.3 Å². The van der Waals surface area contributed by atoms with Gasteiger partial charge in [-0.05, 0) is 37.2 Å². The van der Waals surface area contributed by atoms with E-state index in [1.807, 2.05) is 11.0 Å². The van der Waals surface area contributed by atoms with Crippen molar-refractivity contribution in [3.63, 3.8) is 0 Å². The van der Waals surface area contributed by atoms with Gasteiger partial charge in [0.05, 0.1) is 21.6 Å². The maximum Gasteiger partial charge on any atom is 0.341 e. The highest BCUT2D eigenvalue weighted by molar-refractivity contribution is 6.38. The van der Waals surface area contributed by atoms with Gasteiger partial charge >= 0.3 is 5.97 Å². The van der Waals surface area contributed by atoms with E-state index in [9.17, 15) is 14.7 Å². The van der Waals surface area contributed by atoms with Crippen molar-refractivity contribution >= 4 is 34.2 Å². The number of halogens is 2. The molecule has 1 saturated heterocycles. The van der Waals surface area contributed by atoms with Crippen molar-refractivity contribution in [2.24, 2.45) is 17.6 Å². The van der Waals surface area contributed by atoms with E-state index in [1.54, 1.807) is 4.57 Å². The molecular formula is C21H21ClFN3O3. The molecule has 2 heterocycles. The van der Waals surface area contributed by atoms with Crippen LogP contribution in [0.4, 0.5) is 10.1 Å². The zero-order chi connectivity index (χ0) is 20.4. The third-order valence-electron chi connectivity index (χ3n) is 6.45. The standard InChI is InChI=1S/C21H21ClFN3O3/c22-17-18-12(20(27)14(21(28)29)9-26(18)11-4-5-11)6-15(23)19(17)25-7-10-2-1-3-16(24)13(10)8-25/h1,3,6,9-11,13,16H,2,4-5,7-8,24H2,(H,28,29)/t10-,13+,16-/m1/s1. The molecule has 2 aromatic rings. The Labute approximate surface area is 171 Å². The lowest BCUT2D eigenvalue weighted by atomic mass is 9.83. The Balaban J connectivity index is 1.69. The second-order valence-corrected chi connectivity index (χ2v) is 8.68. The summed E-state index contributed by atoms with van der Waals surface area (Å²) in [5, 5.41) is 9.57. The molecule has 5 rings (SSSR count). The fourth-order valence-electron chi connectivity index (χ4n) is 4.83. The zero-order valence-electron chi connectivity index (χ0n) is 15.6. The van der Waals surface area contributed by atoms with Crippen LogP contribution in [-0.4, -0.2) is 34.8 Å². The number of benzene rings is 1. The van der Waals surface area contributed by atoms with Gasteiger partial charge in [-0.2, -0.15) is 0 Å². The van der Waals surface area contributed by atoms with E-state index in [4.69, 9.17) is 17.3 Å². The zero-order valence-corrected chi connectivity index (χ0v) is 16.4. The molecule has 0 radical (unpaired) electrons. The van der Waals surface area contributed by atoms with Crippen LogP contribution in [0.25, 0.3) is 10.9 Å². The predicted octanol–water partition coefficient (Wildman–Crippen LogP) is 3.17. The summed E-state index contributed by atoms with van der Waals surface area (Å²) < 4.78 is 16.9. The number of carboxylic acids is 1. The molecule has 1 aliphatic heterocycles. The number of aromatic nitrogens is 1. The number of nitrogens with two attached hydrogens (primary N) is 1. The Bertz CT molecular complexity index is 1120. The van der Waals surface area contributed by atoms with Crippen molar-refractivity contribution < 1.29 is 14.3 Å². The molecule has 29 heavy (non-hydrogen) atoms. The molecule has 1 aromatic heterocycles. The van der Waals surface area contributed by atoms with Crippen LogP contribution >= 0.6 is 11.6 Å². The SMILES string of the molecule is N[C@@H]1C=CC[C@@H]2CN(c3c(F)cc4c(=O)c(C(=O)O)cn(C5CC5)c4c3Cl)C[C@@H]21. The predicted molar refractivity (Wildman–Crippen MR) is 109 cm³/mol. The number of anilines is 1. The third-order valence-corrected chi connectivity index (χ3v) is 6.81. The van der Waals surface area contributed by atoms with Crippen molar-refractivity contribution in [3.8, 4) is 0 Å². The topological polar surface area (TPSA) is 88.6 Å². The molecule has 2 fully saturated rings. The lowest BCUT2D eigenvalue weighted by Gasteiger charge is -2.25. The summed E-state index contributed by atoms with van der Waals surface area (Å²) in [6.07, 6.45) is 8.06. The normalized spacial score (nSPS) is 26.2. The summed E-state index contributed by atoms with van der Waals surface area (Å²) in [5.41, 5.74) is 5.84. The number of fused-ring (bicyclic) bond motifs is 2. The van der Waals surface area contributed by atoms with Gasteiger partial charge in [-0.3, -0.25) is 4.79 Å². The van der Waals surface area contributed by atoms with Crippen LogP contribution in [0.2, 0.25) is 5.02 Å². The first-order chi connectivity index (χ1) is 13.9. The highest BCUT2D eigenvalue weighted by Crippen LogP contribution is 2.44. The van der Waals surface area contributed by atoms with Crippen molar-refractivity contribution in [2.45, 2.75) is 31.3 Å². The summed E-state index contributed by atoms with van der Waals surface area (Å²) in [4.78, 5) is 26.1. The van der Waals surface area contributed by atoms with E-state index >= 15 is 4.39 Å². The molecule has 8 heteroatoms. The van der Waals surface area contributed by atoms with Crippen molar-refractivity contribution in [1.82, 2.24) is 4.57 Å². The summed E-state index contributed by atoms with van der Waals surface area (Å²) >= 11 is 6.71. The molecule has 3 aliphatic rings. The molecule has 0 spiro atoms. The molecule has 2 aliphatic carbocycles. The van der Waals surface area contributed by atoms with Crippen LogP contribution in [0, 0.1) is 17.7 Å². The Morgan fingerprint density at radius 2 is 2.07 bits per heavy atom. The average Bonchev–Trinajstić information content (AvgIpc) is 3.42. The smallest absolute Gasteiger partial charge is 0.341 e. The quantitative estimate of drug-likeness (QED) is 0.749. The molecule has 152 valence electrons. The first kappa shape index (κ1) is 18.6. The second kappa shape index (κ2) is 6.57. The van der Waals surface area contributed by atoms with E-state index < -0.39 is 17.2 Å². The summed E-state index contributed by atoms with van der Waals surface area (Å²) in [7, 11) is 0. The first-order valence-electron chi connectivity index (χ1n) is 9.84. The number of nitrogens with zero attached hydrogens (tertiary/aromatic N) is 2. The van der Waals surface area contributed by atoms with E-state index in [1.165, 1.54) is 6.20 Å². The first-order valence-corrected chi connectivity index (χ1v) is 10.2. The number of aromatic carboxylic acids is 1. The summed E-state index contributed by atoms with van der Waals surface area (Å²) in [6.45, 7) is 1.24. The Morgan fingerprint density at radius 1 is 1.31 bits per heavy atom. The summed E-state index contributed by atoms with van der Waals surface area (Å²) in [6, 6.07) is 1.15. The van der Waals surface area contributed by atoms with Gasteiger partial charge in [0.15, 0.2) is 0 Å². The van der Waals surface area contributed by atoms with Gasteiger partial charge in [-0.25, -0.2) is 9.18 Å². The average molecular weight is 418 g/mol. The number of hydrogen-bond donors (Lipinski definition) is 2. The van der Waals surface area contributed by atoms with Gasteiger partial charge in [-0.15, -0.1) is 0 Å². The van der Waals surface area contributed by atoms with E-state index in [-0.39, 0.29) is 39.7 Å². The van der Waals surface area contributed by atoms with Crippen LogP contribution in [-0.2, 0) is 0 Å².